The Morgan fingerprint density at radius 3 is 1.78 bits per heavy atom. The van der Waals surface area contributed by atoms with Gasteiger partial charge in [-0.1, -0.05) is 43.3 Å². The van der Waals surface area contributed by atoms with Crippen molar-refractivity contribution in [2.75, 3.05) is 10.0 Å². The number of nitriles is 1. The fourth-order valence-corrected chi connectivity index (χ4v) is 4.40. The van der Waals surface area contributed by atoms with Crippen molar-refractivity contribution in [3.63, 3.8) is 0 Å². The highest BCUT2D eigenvalue weighted by molar-refractivity contribution is 6.23. The van der Waals surface area contributed by atoms with Crippen LogP contribution in [0.3, 0.4) is 0 Å². The molecule has 5 nitrogen and oxygen atoms in total. The Morgan fingerprint density at radius 1 is 0.926 bits per heavy atom. The predicted octanol–water partition coefficient (Wildman–Crippen LogP) is 3.93. The fourth-order valence-electron chi connectivity index (χ4n) is 4.40. The lowest BCUT2D eigenvalue weighted by Crippen LogP contribution is -2.41. The van der Waals surface area contributed by atoms with Crippen LogP contribution in [0.2, 0.25) is 0 Å². The summed E-state index contributed by atoms with van der Waals surface area (Å²) in [4.78, 5) is 26.9. The van der Waals surface area contributed by atoms with Crippen LogP contribution in [0.5, 0.6) is 0 Å². The van der Waals surface area contributed by atoms with Crippen LogP contribution in [0, 0.1) is 28.6 Å². The van der Waals surface area contributed by atoms with Crippen LogP contribution in [-0.4, -0.2) is 11.8 Å². The van der Waals surface area contributed by atoms with E-state index in [4.69, 9.17) is 0 Å². The normalized spacial score (nSPS) is 25.9. The van der Waals surface area contributed by atoms with Crippen LogP contribution in [0.25, 0.3) is 0 Å². The monoisotopic (exact) mass is 359 g/mol. The Balaban J connectivity index is 1.84. The topological polar surface area (TPSA) is 64.4 Å². The lowest BCUT2D eigenvalue weighted by Gasteiger charge is -2.27. The molecular weight excluding hydrogens is 338 g/mol. The molecule has 2 unspecified atom stereocenters. The van der Waals surface area contributed by atoms with Crippen molar-refractivity contribution in [1.29, 1.82) is 5.26 Å². The zero-order chi connectivity index (χ0) is 19.0. The first kappa shape index (κ1) is 17.3. The van der Waals surface area contributed by atoms with Gasteiger partial charge < -0.3 is 0 Å². The number of benzene rings is 2. The summed E-state index contributed by atoms with van der Waals surface area (Å²) in [5.41, 5.74) is 0.326. The minimum Gasteiger partial charge on any atom is -0.272 e. The standard InChI is InChI=1S/C22H21N3O2/c1-16-12-13-22(14-16,15-23)19-20(26)24(17-8-4-2-5-9-17)25(21(19)27)18-10-6-3-7-11-18/h2-11,16,19H,12-14H2,1H3. The highest BCUT2D eigenvalue weighted by Crippen LogP contribution is 2.50. The summed E-state index contributed by atoms with van der Waals surface area (Å²) < 4.78 is 0. The molecule has 0 spiro atoms. The van der Waals surface area contributed by atoms with Gasteiger partial charge >= 0.3 is 0 Å². The molecule has 1 saturated carbocycles. The molecule has 1 aliphatic heterocycles. The van der Waals surface area contributed by atoms with Crippen LogP contribution in [0.1, 0.15) is 26.2 Å². The van der Waals surface area contributed by atoms with E-state index in [9.17, 15) is 14.9 Å². The van der Waals surface area contributed by atoms with Crippen molar-refractivity contribution in [3.8, 4) is 6.07 Å². The van der Waals surface area contributed by atoms with Gasteiger partial charge in [0.05, 0.1) is 22.9 Å². The van der Waals surface area contributed by atoms with Crippen molar-refractivity contribution < 1.29 is 9.59 Å². The van der Waals surface area contributed by atoms with Gasteiger partial charge in [-0.3, -0.25) is 9.59 Å². The summed E-state index contributed by atoms with van der Waals surface area (Å²) in [5.74, 6) is -1.26. The Kier molecular flexibility index (Phi) is 4.19. The zero-order valence-electron chi connectivity index (χ0n) is 15.2. The first-order valence-corrected chi connectivity index (χ1v) is 9.26. The Labute approximate surface area is 158 Å². The van der Waals surface area contributed by atoms with E-state index in [1.807, 2.05) is 36.4 Å². The van der Waals surface area contributed by atoms with Crippen molar-refractivity contribution in [2.45, 2.75) is 26.2 Å². The van der Waals surface area contributed by atoms with E-state index >= 15 is 0 Å². The molecule has 2 amide bonds. The van der Waals surface area contributed by atoms with Gasteiger partial charge in [0.2, 0.25) is 0 Å². The molecule has 1 heterocycles. The fraction of sp³-hybridized carbons (Fsp3) is 0.318. The molecule has 2 fully saturated rings. The maximum atomic E-state index is 13.5. The average Bonchev–Trinajstić information content (AvgIpc) is 3.20. The number of hydrogen-bond donors (Lipinski definition) is 0. The molecule has 0 aromatic heterocycles. The van der Waals surface area contributed by atoms with Crippen molar-refractivity contribution in [2.24, 2.45) is 17.3 Å². The van der Waals surface area contributed by atoms with Gasteiger partial charge in [0.15, 0.2) is 0 Å². The quantitative estimate of drug-likeness (QED) is 0.780. The molecule has 0 N–H and O–H groups in total. The molecule has 1 aliphatic carbocycles. The van der Waals surface area contributed by atoms with Gasteiger partial charge in [0.25, 0.3) is 11.8 Å². The van der Waals surface area contributed by atoms with Gasteiger partial charge in [0, 0.05) is 0 Å². The molecule has 2 aliphatic rings. The second-order valence-electron chi connectivity index (χ2n) is 7.52. The molecule has 0 bridgehead atoms. The van der Waals surface area contributed by atoms with E-state index in [0.29, 0.717) is 30.1 Å². The largest absolute Gasteiger partial charge is 0.272 e. The van der Waals surface area contributed by atoms with Crippen LogP contribution < -0.4 is 10.0 Å². The number of anilines is 2. The molecule has 5 heteroatoms. The lowest BCUT2D eigenvalue weighted by atomic mass is 9.74. The number of hydrogen-bond acceptors (Lipinski definition) is 3. The molecule has 27 heavy (non-hydrogen) atoms. The maximum Gasteiger partial charge on any atom is 0.260 e. The second kappa shape index (κ2) is 6.55. The Bertz CT molecular complexity index is 849. The summed E-state index contributed by atoms with van der Waals surface area (Å²) in [5, 5.41) is 12.8. The van der Waals surface area contributed by atoms with E-state index in [-0.39, 0.29) is 11.8 Å². The molecule has 2 atom stereocenters. The number of hydrazine groups is 1. The minimum absolute atomic E-state index is 0.314. The smallest absolute Gasteiger partial charge is 0.260 e. The van der Waals surface area contributed by atoms with Gasteiger partial charge in [0.1, 0.15) is 5.92 Å². The second-order valence-corrected chi connectivity index (χ2v) is 7.52. The maximum absolute atomic E-state index is 13.5. The number of rotatable bonds is 3. The Morgan fingerprint density at radius 2 is 1.41 bits per heavy atom. The number of carbonyl (C=O) groups excluding carboxylic acids is 2. The van der Waals surface area contributed by atoms with E-state index in [0.717, 1.165) is 6.42 Å². The van der Waals surface area contributed by atoms with Crippen molar-refractivity contribution >= 4 is 23.2 Å². The summed E-state index contributed by atoms with van der Waals surface area (Å²) in [6, 6.07) is 20.7. The van der Waals surface area contributed by atoms with Gasteiger partial charge in [-0.15, -0.1) is 0 Å². The summed E-state index contributed by atoms with van der Waals surface area (Å²) in [7, 11) is 0. The van der Waals surface area contributed by atoms with Crippen molar-refractivity contribution in [1.82, 2.24) is 0 Å². The molecular formula is C22H21N3O2. The van der Waals surface area contributed by atoms with Crippen LogP contribution in [0.4, 0.5) is 11.4 Å². The molecule has 136 valence electrons. The number of nitrogens with zero attached hydrogens (tertiary/aromatic N) is 3. The zero-order valence-corrected chi connectivity index (χ0v) is 15.2. The minimum atomic E-state index is -0.965. The van der Waals surface area contributed by atoms with Crippen LogP contribution >= 0.6 is 0 Å². The molecule has 2 aromatic rings. The van der Waals surface area contributed by atoms with Gasteiger partial charge in [-0.05, 0) is 49.4 Å². The lowest BCUT2D eigenvalue weighted by molar-refractivity contribution is -0.130. The van der Waals surface area contributed by atoms with E-state index < -0.39 is 11.3 Å². The molecule has 2 aromatic carbocycles. The first-order chi connectivity index (χ1) is 13.1. The van der Waals surface area contributed by atoms with Gasteiger partial charge in [-0.2, -0.15) is 5.26 Å². The summed E-state index contributed by atoms with van der Waals surface area (Å²) >= 11 is 0. The van der Waals surface area contributed by atoms with E-state index in [1.54, 1.807) is 24.3 Å². The number of para-hydroxylation sites is 2. The third-order valence-electron chi connectivity index (χ3n) is 5.68. The third kappa shape index (κ3) is 2.69. The van der Waals surface area contributed by atoms with E-state index in [1.165, 1.54) is 10.0 Å². The van der Waals surface area contributed by atoms with Crippen LogP contribution in [-0.2, 0) is 9.59 Å². The van der Waals surface area contributed by atoms with Crippen molar-refractivity contribution in [3.05, 3.63) is 60.7 Å². The SMILES string of the molecule is CC1CCC(C#N)(C2C(=O)N(c3ccccc3)N(c3ccccc3)C2=O)C1. The average molecular weight is 359 g/mol. The number of amides is 2. The molecule has 0 radical (unpaired) electrons. The molecule has 1 saturated heterocycles. The number of carbonyl (C=O) groups is 2. The highest BCUT2D eigenvalue weighted by atomic mass is 16.2. The highest BCUT2D eigenvalue weighted by Gasteiger charge is 2.59. The Hall–Kier alpha value is -3.13. The molecule has 4 rings (SSSR count). The third-order valence-corrected chi connectivity index (χ3v) is 5.68. The summed E-state index contributed by atoms with van der Waals surface area (Å²) in [6.07, 6.45) is 2.02. The summed E-state index contributed by atoms with van der Waals surface area (Å²) in [6.45, 7) is 2.08. The van der Waals surface area contributed by atoms with Gasteiger partial charge in [-0.25, -0.2) is 10.0 Å². The van der Waals surface area contributed by atoms with Crippen LogP contribution in [0.15, 0.2) is 60.7 Å². The first-order valence-electron chi connectivity index (χ1n) is 9.26. The predicted molar refractivity (Wildman–Crippen MR) is 102 cm³/mol. The van der Waals surface area contributed by atoms with E-state index in [2.05, 4.69) is 13.0 Å².